The lowest BCUT2D eigenvalue weighted by Gasteiger charge is -2.03. The summed E-state index contributed by atoms with van der Waals surface area (Å²) in [5.74, 6) is 0. The second kappa shape index (κ2) is 5.37. The second-order valence-electron chi connectivity index (χ2n) is 3.51. The molecule has 0 aliphatic rings. The van der Waals surface area contributed by atoms with Gasteiger partial charge >= 0.3 is 0 Å². The minimum absolute atomic E-state index is 0.742. The summed E-state index contributed by atoms with van der Waals surface area (Å²) in [4.78, 5) is 0. The molecule has 14 heavy (non-hydrogen) atoms. The molecule has 0 aliphatic carbocycles. The van der Waals surface area contributed by atoms with Crippen LogP contribution < -0.4 is 5.32 Å². The Bertz CT molecular complexity index is 294. The van der Waals surface area contributed by atoms with Gasteiger partial charge in [-0.1, -0.05) is 24.9 Å². The number of nitrogens with zero attached hydrogens (tertiary/aromatic N) is 2. The summed E-state index contributed by atoms with van der Waals surface area (Å²) in [6, 6.07) is 0. The highest BCUT2D eigenvalue weighted by Gasteiger charge is 2.09. The molecule has 0 radical (unpaired) electrons. The molecule has 0 fully saturated rings. The lowest BCUT2D eigenvalue weighted by Crippen LogP contribution is -2.14. The second-order valence-corrected chi connectivity index (χ2v) is 3.87. The summed E-state index contributed by atoms with van der Waals surface area (Å²) in [5, 5.41) is 8.36. The van der Waals surface area contributed by atoms with Crippen molar-refractivity contribution < 1.29 is 0 Å². The number of rotatable bonds is 5. The molecule has 0 unspecified atom stereocenters. The van der Waals surface area contributed by atoms with Gasteiger partial charge in [-0.2, -0.15) is 5.10 Å². The van der Waals surface area contributed by atoms with Crippen LogP contribution in [0.5, 0.6) is 0 Å². The lowest BCUT2D eigenvalue weighted by molar-refractivity contribution is 0.640. The quantitative estimate of drug-likeness (QED) is 0.764. The van der Waals surface area contributed by atoms with Gasteiger partial charge in [0.15, 0.2) is 0 Å². The summed E-state index contributed by atoms with van der Waals surface area (Å²) >= 11 is 6.09. The van der Waals surface area contributed by atoms with Gasteiger partial charge in [0.05, 0.1) is 5.69 Å². The molecule has 1 heterocycles. The van der Waals surface area contributed by atoms with E-state index in [1.54, 1.807) is 4.68 Å². The summed E-state index contributed by atoms with van der Waals surface area (Å²) in [5.41, 5.74) is 2.13. The van der Waals surface area contributed by atoms with E-state index < -0.39 is 0 Å². The van der Waals surface area contributed by atoms with E-state index in [1.807, 2.05) is 14.0 Å². The summed E-state index contributed by atoms with van der Waals surface area (Å²) in [6.45, 7) is 6.03. The topological polar surface area (TPSA) is 29.9 Å². The van der Waals surface area contributed by atoms with Gasteiger partial charge < -0.3 is 5.32 Å². The summed E-state index contributed by atoms with van der Waals surface area (Å²) < 4.78 is 1.72. The minimum Gasteiger partial charge on any atom is -0.312 e. The molecule has 0 aliphatic heterocycles. The van der Waals surface area contributed by atoms with E-state index in [-0.39, 0.29) is 0 Å². The standard InChI is InChI=1S/C10H18ClN3/c1-4-5-6-12-7-9-8(2)13-14(3)10(9)11/h12H,4-7H2,1-3H3. The highest BCUT2D eigenvalue weighted by molar-refractivity contribution is 6.30. The zero-order valence-corrected chi connectivity index (χ0v) is 9.86. The molecule has 0 saturated carbocycles. The van der Waals surface area contributed by atoms with Crippen molar-refractivity contribution in [1.82, 2.24) is 15.1 Å². The zero-order valence-electron chi connectivity index (χ0n) is 9.10. The van der Waals surface area contributed by atoms with Crippen LogP contribution in [0, 0.1) is 6.92 Å². The monoisotopic (exact) mass is 215 g/mol. The molecule has 0 bridgehead atoms. The van der Waals surface area contributed by atoms with E-state index in [0.717, 1.165) is 29.5 Å². The van der Waals surface area contributed by atoms with Crippen LogP contribution in [-0.4, -0.2) is 16.3 Å². The molecule has 80 valence electrons. The Hall–Kier alpha value is -0.540. The van der Waals surface area contributed by atoms with Gasteiger partial charge in [0, 0.05) is 19.2 Å². The Kier molecular flexibility index (Phi) is 4.42. The van der Waals surface area contributed by atoms with E-state index in [4.69, 9.17) is 11.6 Å². The van der Waals surface area contributed by atoms with Gasteiger partial charge in [-0.05, 0) is 19.9 Å². The van der Waals surface area contributed by atoms with Crippen LogP contribution >= 0.6 is 11.6 Å². The molecule has 0 saturated heterocycles. The summed E-state index contributed by atoms with van der Waals surface area (Å²) in [6.07, 6.45) is 2.42. The SMILES string of the molecule is CCCCNCc1c(C)nn(C)c1Cl. The smallest absolute Gasteiger partial charge is 0.131 e. The highest BCUT2D eigenvalue weighted by atomic mass is 35.5. The molecule has 1 aromatic rings. The van der Waals surface area contributed by atoms with Crippen LogP contribution in [0.1, 0.15) is 31.0 Å². The number of unbranched alkanes of at least 4 members (excludes halogenated alkanes) is 1. The maximum Gasteiger partial charge on any atom is 0.131 e. The van der Waals surface area contributed by atoms with Crippen molar-refractivity contribution in [2.75, 3.05) is 6.54 Å². The van der Waals surface area contributed by atoms with Gasteiger partial charge in [0.1, 0.15) is 5.15 Å². The van der Waals surface area contributed by atoms with Gasteiger partial charge in [0.25, 0.3) is 0 Å². The van der Waals surface area contributed by atoms with Crippen LogP contribution in [0.25, 0.3) is 0 Å². The number of hydrogen-bond donors (Lipinski definition) is 1. The van der Waals surface area contributed by atoms with Crippen molar-refractivity contribution in [1.29, 1.82) is 0 Å². The van der Waals surface area contributed by atoms with Crippen LogP contribution in [-0.2, 0) is 13.6 Å². The molecule has 1 rings (SSSR count). The Morgan fingerprint density at radius 3 is 2.71 bits per heavy atom. The first-order valence-corrected chi connectivity index (χ1v) is 5.43. The lowest BCUT2D eigenvalue weighted by atomic mass is 10.2. The Balaban J connectivity index is 2.49. The molecule has 1 N–H and O–H groups in total. The van der Waals surface area contributed by atoms with Gasteiger partial charge in [0.2, 0.25) is 0 Å². The summed E-state index contributed by atoms with van der Waals surface area (Å²) in [7, 11) is 1.87. The third-order valence-electron chi connectivity index (χ3n) is 2.28. The predicted molar refractivity (Wildman–Crippen MR) is 59.6 cm³/mol. The average Bonchev–Trinajstić information content (AvgIpc) is 2.38. The fourth-order valence-electron chi connectivity index (χ4n) is 1.39. The molecule has 0 amide bonds. The zero-order chi connectivity index (χ0) is 10.6. The third kappa shape index (κ3) is 2.72. The Labute approximate surface area is 90.4 Å². The van der Waals surface area contributed by atoms with Crippen LogP contribution in [0.3, 0.4) is 0 Å². The Morgan fingerprint density at radius 2 is 2.21 bits per heavy atom. The Morgan fingerprint density at radius 1 is 1.50 bits per heavy atom. The first-order valence-electron chi connectivity index (χ1n) is 5.05. The number of aromatic nitrogens is 2. The molecular weight excluding hydrogens is 198 g/mol. The number of hydrogen-bond acceptors (Lipinski definition) is 2. The molecule has 3 nitrogen and oxygen atoms in total. The fraction of sp³-hybridized carbons (Fsp3) is 0.700. The molecule has 0 spiro atoms. The first-order chi connectivity index (χ1) is 6.66. The third-order valence-corrected chi connectivity index (χ3v) is 2.75. The largest absolute Gasteiger partial charge is 0.312 e. The number of halogens is 1. The minimum atomic E-state index is 0.742. The van der Waals surface area contributed by atoms with Crippen LogP contribution in [0.15, 0.2) is 0 Å². The molecular formula is C10H18ClN3. The van der Waals surface area contributed by atoms with Gasteiger partial charge in [-0.15, -0.1) is 0 Å². The molecule has 1 aromatic heterocycles. The van der Waals surface area contributed by atoms with E-state index >= 15 is 0 Å². The number of nitrogens with one attached hydrogen (secondary N) is 1. The molecule has 4 heteroatoms. The van der Waals surface area contributed by atoms with E-state index in [0.29, 0.717) is 0 Å². The van der Waals surface area contributed by atoms with Crippen molar-refractivity contribution in [3.8, 4) is 0 Å². The van der Waals surface area contributed by atoms with Crippen molar-refractivity contribution in [2.45, 2.75) is 33.2 Å². The van der Waals surface area contributed by atoms with Crippen molar-refractivity contribution in [2.24, 2.45) is 7.05 Å². The fourth-order valence-corrected chi connectivity index (χ4v) is 1.63. The first kappa shape index (κ1) is 11.5. The van der Waals surface area contributed by atoms with Crippen molar-refractivity contribution in [3.63, 3.8) is 0 Å². The number of aryl methyl sites for hydroxylation is 2. The molecule has 0 atom stereocenters. The van der Waals surface area contributed by atoms with Crippen LogP contribution in [0.2, 0.25) is 5.15 Å². The van der Waals surface area contributed by atoms with E-state index in [9.17, 15) is 0 Å². The maximum atomic E-state index is 6.09. The van der Waals surface area contributed by atoms with Gasteiger partial charge in [-0.25, -0.2) is 0 Å². The van der Waals surface area contributed by atoms with Gasteiger partial charge in [-0.3, -0.25) is 4.68 Å². The average molecular weight is 216 g/mol. The van der Waals surface area contributed by atoms with Crippen LogP contribution in [0.4, 0.5) is 0 Å². The normalized spacial score (nSPS) is 10.9. The molecule has 0 aromatic carbocycles. The predicted octanol–water partition coefficient (Wildman–Crippen LogP) is 2.27. The highest BCUT2D eigenvalue weighted by Crippen LogP contribution is 2.17. The van der Waals surface area contributed by atoms with Crippen molar-refractivity contribution >= 4 is 11.6 Å². The van der Waals surface area contributed by atoms with E-state index in [1.165, 1.54) is 12.8 Å². The van der Waals surface area contributed by atoms with E-state index in [2.05, 4.69) is 17.3 Å². The van der Waals surface area contributed by atoms with Crippen molar-refractivity contribution in [3.05, 3.63) is 16.4 Å². The maximum absolute atomic E-state index is 6.09.